The lowest BCUT2D eigenvalue weighted by atomic mass is 10.1. The minimum absolute atomic E-state index is 0.145. The molecular weight excluding hydrogens is 247 g/mol. The topological polar surface area (TPSA) is 51.0 Å². The number of benzene rings is 1. The number of aromatic nitrogens is 2. The van der Waals surface area contributed by atoms with E-state index in [9.17, 15) is 13.2 Å². The van der Waals surface area contributed by atoms with Gasteiger partial charge in [0.1, 0.15) is 0 Å². The van der Waals surface area contributed by atoms with Crippen LogP contribution in [0.25, 0.3) is 11.4 Å². The predicted octanol–water partition coefficient (Wildman–Crippen LogP) is 2.47. The van der Waals surface area contributed by atoms with Crippen molar-refractivity contribution in [2.24, 2.45) is 0 Å². The first-order valence-electron chi connectivity index (χ1n) is 5.15. The summed E-state index contributed by atoms with van der Waals surface area (Å²) in [6, 6.07) is 4.81. The van der Waals surface area contributed by atoms with E-state index in [1.807, 2.05) is 0 Å². The molecule has 0 amide bonds. The Hall–Kier alpha value is -1.89. The van der Waals surface area contributed by atoms with Gasteiger partial charge in [-0.1, -0.05) is 17.3 Å². The number of nitrogens with zero attached hydrogens (tertiary/aromatic N) is 2. The molecule has 0 radical (unpaired) electrons. The largest absolute Gasteiger partial charge is 0.416 e. The first kappa shape index (κ1) is 12.6. The van der Waals surface area contributed by atoms with E-state index in [4.69, 9.17) is 4.52 Å². The normalized spacial score (nSPS) is 11.8. The molecule has 0 aliphatic carbocycles. The Morgan fingerprint density at radius 1 is 1.33 bits per heavy atom. The van der Waals surface area contributed by atoms with Crippen molar-refractivity contribution in [1.29, 1.82) is 0 Å². The molecular formula is C11H10F3N3O. The van der Waals surface area contributed by atoms with Gasteiger partial charge in [-0.3, -0.25) is 0 Å². The first-order valence-corrected chi connectivity index (χ1v) is 5.15. The monoisotopic (exact) mass is 257 g/mol. The van der Waals surface area contributed by atoms with Crippen LogP contribution < -0.4 is 5.32 Å². The molecule has 0 bridgehead atoms. The number of rotatable bonds is 3. The van der Waals surface area contributed by atoms with E-state index >= 15 is 0 Å². The van der Waals surface area contributed by atoms with Gasteiger partial charge < -0.3 is 9.84 Å². The van der Waals surface area contributed by atoms with Gasteiger partial charge in [-0.05, 0) is 19.2 Å². The van der Waals surface area contributed by atoms with E-state index in [1.54, 1.807) is 7.05 Å². The van der Waals surface area contributed by atoms with Crippen LogP contribution in [-0.2, 0) is 12.7 Å². The summed E-state index contributed by atoms with van der Waals surface area (Å²) in [5.74, 6) is 0.469. The van der Waals surface area contributed by atoms with E-state index in [0.717, 1.165) is 12.1 Å². The van der Waals surface area contributed by atoms with E-state index in [0.29, 0.717) is 12.4 Å². The third kappa shape index (κ3) is 2.67. The Morgan fingerprint density at radius 3 is 2.78 bits per heavy atom. The molecule has 2 rings (SSSR count). The van der Waals surface area contributed by atoms with E-state index in [1.165, 1.54) is 12.1 Å². The molecule has 2 aromatic rings. The average molecular weight is 257 g/mol. The molecule has 0 saturated carbocycles. The van der Waals surface area contributed by atoms with Crippen LogP contribution in [-0.4, -0.2) is 17.2 Å². The minimum Gasteiger partial charge on any atom is -0.338 e. The second kappa shape index (κ2) is 4.77. The maximum atomic E-state index is 12.5. The highest BCUT2D eigenvalue weighted by Crippen LogP contribution is 2.31. The summed E-state index contributed by atoms with van der Waals surface area (Å²) < 4.78 is 42.5. The van der Waals surface area contributed by atoms with Crippen LogP contribution in [0.4, 0.5) is 13.2 Å². The maximum Gasteiger partial charge on any atom is 0.416 e. The SMILES string of the molecule is CNCc1nc(-c2cccc(C(F)(F)F)c2)no1. The molecule has 18 heavy (non-hydrogen) atoms. The Labute approximate surface area is 101 Å². The zero-order valence-electron chi connectivity index (χ0n) is 9.45. The summed E-state index contributed by atoms with van der Waals surface area (Å²) in [4.78, 5) is 3.99. The van der Waals surface area contributed by atoms with Gasteiger partial charge in [0.25, 0.3) is 0 Å². The predicted molar refractivity (Wildman–Crippen MR) is 57.5 cm³/mol. The molecule has 1 N–H and O–H groups in total. The van der Waals surface area contributed by atoms with Crippen LogP contribution in [0.3, 0.4) is 0 Å². The molecule has 1 heterocycles. The van der Waals surface area contributed by atoms with Crippen molar-refractivity contribution >= 4 is 0 Å². The lowest BCUT2D eigenvalue weighted by molar-refractivity contribution is -0.137. The van der Waals surface area contributed by atoms with Crippen molar-refractivity contribution in [2.75, 3.05) is 7.05 Å². The zero-order valence-corrected chi connectivity index (χ0v) is 9.45. The Kier molecular flexibility index (Phi) is 3.33. The molecule has 0 fully saturated rings. The molecule has 0 unspecified atom stereocenters. The van der Waals surface area contributed by atoms with Crippen molar-refractivity contribution in [1.82, 2.24) is 15.5 Å². The van der Waals surface area contributed by atoms with E-state index < -0.39 is 11.7 Å². The van der Waals surface area contributed by atoms with Gasteiger partial charge in [0.2, 0.25) is 11.7 Å². The first-order chi connectivity index (χ1) is 8.50. The molecule has 4 nitrogen and oxygen atoms in total. The van der Waals surface area contributed by atoms with Crippen LogP contribution in [0.1, 0.15) is 11.5 Å². The third-order valence-corrected chi connectivity index (χ3v) is 2.24. The smallest absolute Gasteiger partial charge is 0.338 e. The molecule has 1 aromatic carbocycles. The zero-order chi connectivity index (χ0) is 13.2. The highest BCUT2D eigenvalue weighted by molar-refractivity contribution is 5.55. The summed E-state index contributed by atoms with van der Waals surface area (Å²) in [6.45, 7) is 0.367. The highest BCUT2D eigenvalue weighted by atomic mass is 19.4. The molecule has 0 saturated heterocycles. The molecule has 7 heteroatoms. The van der Waals surface area contributed by atoms with Crippen LogP contribution in [0.2, 0.25) is 0 Å². The van der Waals surface area contributed by atoms with Gasteiger partial charge in [0.15, 0.2) is 0 Å². The van der Waals surface area contributed by atoms with Gasteiger partial charge in [-0.2, -0.15) is 18.2 Å². The standard InChI is InChI=1S/C11H10F3N3O/c1-15-6-9-16-10(17-18-9)7-3-2-4-8(5-7)11(12,13)14/h2-5,15H,6H2,1H3. The number of halogens is 3. The van der Waals surface area contributed by atoms with Crippen molar-refractivity contribution in [2.45, 2.75) is 12.7 Å². The second-order valence-corrected chi connectivity index (χ2v) is 3.62. The van der Waals surface area contributed by atoms with Crippen molar-refractivity contribution in [3.05, 3.63) is 35.7 Å². The van der Waals surface area contributed by atoms with Gasteiger partial charge in [0, 0.05) is 5.56 Å². The summed E-state index contributed by atoms with van der Waals surface area (Å²) in [5, 5.41) is 6.44. The lowest BCUT2D eigenvalue weighted by Crippen LogP contribution is -2.05. The Morgan fingerprint density at radius 2 is 2.11 bits per heavy atom. The fourth-order valence-electron chi connectivity index (χ4n) is 1.43. The van der Waals surface area contributed by atoms with Crippen molar-refractivity contribution in [3.8, 4) is 11.4 Å². The molecule has 0 aliphatic rings. The van der Waals surface area contributed by atoms with Gasteiger partial charge in [-0.25, -0.2) is 0 Å². The van der Waals surface area contributed by atoms with Crippen LogP contribution in [0.15, 0.2) is 28.8 Å². The number of alkyl halides is 3. The average Bonchev–Trinajstić information content (AvgIpc) is 2.77. The third-order valence-electron chi connectivity index (χ3n) is 2.24. The summed E-state index contributed by atoms with van der Waals surface area (Å²) in [5.41, 5.74) is -0.462. The fourth-order valence-corrected chi connectivity index (χ4v) is 1.43. The summed E-state index contributed by atoms with van der Waals surface area (Å²) in [6.07, 6.45) is -4.38. The van der Waals surface area contributed by atoms with E-state index in [2.05, 4.69) is 15.5 Å². The number of nitrogens with one attached hydrogen (secondary N) is 1. The maximum absolute atomic E-state index is 12.5. The van der Waals surface area contributed by atoms with Crippen molar-refractivity contribution < 1.29 is 17.7 Å². The molecule has 0 spiro atoms. The molecule has 1 aromatic heterocycles. The lowest BCUT2D eigenvalue weighted by Gasteiger charge is -2.06. The number of hydrogen-bond donors (Lipinski definition) is 1. The molecule has 0 aliphatic heterocycles. The van der Waals surface area contributed by atoms with Crippen LogP contribution >= 0.6 is 0 Å². The van der Waals surface area contributed by atoms with Crippen LogP contribution in [0.5, 0.6) is 0 Å². The van der Waals surface area contributed by atoms with Gasteiger partial charge in [-0.15, -0.1) is 0 Å². The number of hydrogen-bond acceptors (Lipinski definition) is 4. The quantitative estimate of drug-likeness (QED) is 0.917. The Balaban J connectivity index is 2.32. The second-order valence-electron chi connectivity index (χ2n) is 3.62. The van der Waals surface area contributed by atoms with Crippen molar-refractivity contribution in [3.63, 3.8) is 0 Å². The molecule has 0 atom stereocenters. The van der Waals surface area contributed by atoms with Gasteiger partial charge >= 0.3 is 6.18 Å². The summed E-state index contributed by atoms with van der Waals surface area (Å²) >= 11 is 0. The van der Waals surface area contributed by atoms with E-state index in [-0.39, 0.29) is 11.4 Å². The Bertz CT molecular complexity index is 536. The highest BCUT2D eigenvalue weighted by Gasteiger charge is 2.30. The van der Waals surface area contributed by atoms with Gasteiger partial charge in [0.05, 0.1) is 12.1 Å². The molecule has 96 valence electrons. The fraction of sp³-hybridized carbons (Fsp3) is 0.273. The summed E-state index contributed by atoms with van der Waals surface area (Å²) in [7, 11) is 1.70. The minimum atomic E-state index is -4.38. The van der Waals surface area contributed by atoms with Crippen LogP contribution in [0, 0.1) is 0 Å².